The van der Waals surface area contributed by atoms with Crippen LogP contribution in [-0.4, -0.2) is 41.1 Å². The highest BCUT2D eigenvalue weighted by Crippen LogP contribution is 2.23. The Morgan fingerprint density at radius 2 is 1.83 bits per heavy atom. The molecule has 0 spiro atoms. The number of amides is 2. The third-order valence-electron chi connectivity index (χ3n) is 4.68. The number of nitrogens with one attached hydrogen (secondary N) is 1. The lowest BCUT2D eigenvalue weighted by molar-refractivity contribution is -0.136. The number of hydrogen-bond donors (Lipinski definition) is 1. The highest BCUT2D eigenvalue weighted by atomic mass is 16.2. The van der Waals surface area contributed by atoms with E-state index in [9.17, 15) is 14.4 Å². The summed E-state index contributed by atoms with van der Waals surface area (Å²) in [7, 11) is 0. The van der Waals surface area contributed by atoms with Gasteiger partial charge in [0.1, 0.15) is 6.04 Å². The highest BCUT2D eigenvalue weighted by Gasteiger charge is 2.38. The van der Waals surface area contributed by atoms with Crippen LogP contribution < -0.4 is 5.32 Å². The predicted octanol–water partition coefficient (Wildman–Crippen LogP) is 1.92. The summed E-state index contributed by atoms with van der Waals surface area (Å²) in [6.07, 6.45) is 4.35. The predicted molar refractivity (Wildman–Crippen MR) is 85.9 cm³/mol. The third-order valence-corrected chi connectivity index (χ3v) is 4.68. The molecule has 3 rings (SSSR count). The van der Waals surface area contributed by atoms with Gasteiger partial charge in [0, 0.05) is 18.5 Å². The van der Waals surface area contributed by atoms with E-state index in [-0.39, 0.29) is 17.6 Å². The number of carbonyl (C=O) groups is 3. The summed E-state index contributed by atoms with van der Waals surface area (Å²) in [4.78, 5) is 38.9. The molecule has 2 aliphatic heterocycles. The van der Waals surface area contributed by atoms with Gasteiger partial charge in [-0.05, 0) is 25.7 Å². The quantitative estimate of drug-likeness (QED) is 0.867. The number of ketones is 1. The van der Waals surface area contributed by atoms with Gasteiger partial charge in [-0.3, -0.25) is 14.4 Å². The summed E-state index contributed by atoms with van der Waals surface area (Å²) in [5.41, 5.74) is 0.641. The van der Waals surface area contributed by atoms with E-state index in [1.807, 2.05) is 18.2 Å². The van der Waals surface area contributed by atoms with Crippen molar-refractivity contribution in [2.45, 2.75) is 50.6 Å². The zero-order valence-electron chi connectivity index (χ0n) is 13.2. The second kappa shape index (κ2) is 6.94. The van der Waals surface area contributed by atoms with Crippen LogP contribution in [0.4, 0.5) is 0 Å². The molecule has 0 aromatic heterocycles. The Hall–Kier alpha value is -2.17. The fourth-order valence-electron chi connectivity index (χ4n) is 3.46. The third kappa shape index (κ3) is 3.44. The van der Waals surface area contributed by atoms with Crippen LogP contribution in [-0.2, 0) is 9.59 Å². The number of likely N-dealkylation sites (tertiary alicyclic amines) is 1. The monoisotopic (exact) mass is 314 g/mol. The van der Waals surface area contributed by atoms with Gasteiger partial charge in [-0.15, -0.1) is 0 Å². The molecule has 1 N–H and O–H groups in total. The van der Waals surface area contributed by atoms with Gasteiger partial charge >= 0.3 is 0 Å². The topological polar surface area (TPSA) is 66.5 Å². The van der Waals surface area contributed by atoms with Gasteiger partial charge in [-0.25, -0.2) is 0 Å². The molecule has 23 heavy (non-hydrogen) atoms. The van der Waals surface area contributed by atoms with Gasteiger partial charge in [0.2, 0.25) is 11.8 Å². The first-order valence-corrected chi connectivity index (χ1v) is 8.36. The summed E-state index contributed by atoms with van der Waals surface area (Å²) >= 11 is 0. The van der Waals surface area contributed by atoms with E-state index in [0.717, 1.165) is 19.3 Å². The number of nitrogens with zero attached hydrogens (tertiary/aromatic N) is 1. The van der Waals surface area contributed by atoms with Crippen LogP contribution in [0.3, 0.4) is 0 Å². The minimum Gasteiger partial charge on any atom is -0.344 e. The molecule has 2 atom stereocenters. The van der Waals surface area contributed by atoms with E-state index in [4.69, 9.17) is 0 Å². The van der Waals surface area contributed by atoms with Crippen molar-refractivity contribution >= 4 is 17.6 Å². The highest BCUT2D eigenvalue weighted by molar-refractivity contribution is 6.02. The average Bonchev–Trinajstić information content (AvgIpc) is 2.96. The van der Waals surface area contributed by atoms with Crippen molar-refractivity contribution in [3.05, 3.63) is 35.9 Å². The molecule has 0 radical (unpaired) electrons. The van der Waals surface area contributed by atoms with Crippen LogP contribution in [0.5, 0.6) is 0 Å². The molecule has 2 heterocycles. The van der Waals surface area contributed by atoms with Gasteiger partial charge in [0.05, 0.1) is 6.04 Å². The summed E-state index contributed by atoms with van der Waals surface area (Å²) in [5.74, 6) is -0.172. The Morgan fingerprint density at radius 3 is 2.61 bits per heavy atom. The maximum Gasteiger partial charge on any atom is 0.245 e. The number of Topliss-reactive ketones (excluding diaryl/α,β-unsaturated/α-hetero) is 1. The Morgan fingerprint density at radius 1 is 1.04 bits per heavy atom. The van der Waals surface area contributed by atoms with E-state index in [2.05, 4.69) is 5.32 Å². The lowest BCUT2D eigenvalue weighted by Crippen LogP contribution is -2.51. The second-order valence-corrected chi connectivity index (χ2v) is 6.29. The Labute approximate surface area is 136 Å². The zero-order chi connectivity index (χ0) is 16.2. The molecule has 122 valence electrons. The number of carbonyl (C=O) groups excluding carboxylic acids is 3. The molecule has 0 bridgehead atoms. The summed E-state index contributed by atoms with van der Waals surface area (Å²) in [6, 6.07) is 8.24. The van der Waals surface area contributed by atoms with E-state index in [1.165, 1.54) is 0 Å². The normalized spacial score (nSPS) is 24.9. The molecule has 1 aromatic rings. The minimum absolute atomic E-state index is 0.00333. The molecule has 0 saturated carbocycles. The maximum absolute atomic E-state index is 12.8. The average molecular weight is 314 g/mol. The smallest absolute Gasteiger partial charge is 0.245 e. The summed E-state index contributed by atoms with van der Waals surface area (Å²) in [6.45, 7) is 0.592. The van der Waals surface area contributed by atoms with E-state index in [0.29, 0.717) is 31.4 Å². The van der Waals surface area contributed by atoms with Crippen molar-refractivity contribution in [1.29, 1.82) is 0 Å². The number of benzene rings is 1. The molecule has 1 unspecified atom stereocenters. The lowest BCUT2D eigenvalue weighted by Gasteiger charge is -2.28. The van der Waals surface area contributed by atoms with E-state index >= 15 is 0 Å². The van der Waals surface area contributed by atoms with E-state index in [1.54, 1.807) is 17.0 Å². The molecule has 1 aromatic carbocycles. The number of hydrogen-bond acceptors (Lipinski definition) is 3. The van der Waals surface area contributed by atoms with Gasteiger partial charge < -0.3 is 10.2 Å². The molecule has 5 heteroatoms. The fourth-order valence-corrected chi connectivity index (χ4v) is 3.46. The molecular weight excluding hydrogens is 292 g/mol. The van der Waals surface area contributed by atoms with Crippen molar-refractivity contribution in [3.8, 4) is 0 Å². The van der Waals surface area contributed by atoms with Gasteiger partial charge in [-0.1, -0.05) is 36.8 Å². The molecule has 5 nitrogen and oxygen atoms in total. The Kier molecular flexibility index (Phi) is 4.74. The molecule has 0 aliphatic carbocycles. The largest absolute Gasteiger partial charge is 0.344 e. The van der Waals surface area contributed by atoms with Gasteiger partial charge in [-0.2, -0.15) is 0 Å². The minimum atomic E-state index is -0.478. The SMILES string of the molecule is O=C1CCCCC(C(=O)N2CCC[C@@H]2C(=O)c2ccccc2)N1. The Bertz CT molecular complexity index is 600. The standard InChI is InChI=1S/C18H22N2O3/c21-16-11-5-4-9-14(19-16)18(23)20-12-6-10-15(20)17(22)13-7-2-1-3-8-13/h1-3,7-8,14-15H,4-6,9-12H2,(H,19,21)/t14?,15-/m1/s1. The summed E-state index contributed by atoms with van der Waals surface area (Å²) < 4.78 is 0. The van der Waals surface area contributed by atoms with Crippen molar-refractivity contribution in [3.63, 3.8) is 0 Å². The van der Waals surface area contributed by atoms with Crippen molar-refractivity contribution < 1.29 is 14.4 Å². The van der Waals surface area contributed by atoms with Crippen LogP contribution in [0, 0.1) is 0 Å². The van der Waals surface area contributed by atoms with Crippen LogP contribution in [0.15, 0.2) is 30.3 Å². The van der Waals surface area contributed by atoms with Gasteiger partial charge in [0.15, 0.2) is 5.78 Å². The molecule has 2 saturated heterocycles. The second-order valence-electron chi connectivity index (χ2n) is 6.29. The van der Waals surface area contributed by atoms with Crippen molar-refractivity contribution in [2.75, 3.05) is 6.54 Å². The number of rotatable bonds is 3. The fraction of sp³-hybridized carbons (Fsp3) is 0.500. The van der Waals surface area contributed by atoms with Crippen molar-refractivity contribution in [2.24, 2.45) is 0 Å². The van der Waals surface area contributed by atoms with Crippen LogP contribution in [0.2, 0.25) is 0 Å². The van der Waals surface area contributed by atoms with Crippen LogP contribution in [0.1, 0.15) is 48.9 Å². The molecule has 2 aliphatic rings. The Balaban J connectivity index is 1.74. The first kappa shape index (κ1) is 15.7. The van der Waals surface area contributed by atoms with Gasteiger partial charge in [0.25, 0.3) is 0 Å². The molecule has 2 amide bonds. The summed E-state index contributed by atoms with van der Waals surface area (Å²) in [5, 5.41) is 2.81. The van der Waals surface area contributed by atoms with Crippen LogP contribution in [0.25, 0.3) is 0 Å². The maximum atomic E-state index is 12.8. The van der Waals surface area contributed by atoms with Crippen LogP contribution >= 0.6 is 0 Å². The van der Waals surface area contributed by atoms with E-state index < -0.39 is 12.1 Å². The zero-order valence-corrected chi connectivity index (χ0v) is 13.2. The van der Waals surface area contributed by atoms with Crippen molar-refractivity contribution in [1.82, 2.24) is 10.2 Å². The molecular formula is C18H22N2O3. The molecule has 2 fully saturated rings. The first-order chi connectivity index (χ1) is 11.2. The first-order valence-electron chi connectivity index (χ1n) is 8.36. The lowest BCUT2D eigenvalue weighted by atomic mass is 10.0.